The van der Waals surface area contributed by atoms with Crippen LogP contribution in [0.5, 0.6) is 0 Å². The zero-order valence-corrected chi connectivity index (χ0v) is 23.5. The van der Waals surface area contributed by atoms with Gasteiger partial charge in [-0.2, -0.15) is 0 Å². The number of rotatable bonds is 21. The summed E-state index contributed by atoms with van der Waals surface area (Å²) in [6, 6.07) is 0. The first kappa shape index (κ1) is 28.8. The lowest BCUT2D eigenvalue weighted by atomic mass is 9.52. The van der Waals surface area contributed by atoms with Crippen molar-refractivity contribution in [1.29, 1.82) is 0 Å². The fraction of sp³-hybridized carbons (Fsp3) is 0.909. The van der Waals surface area contributed by atoms with Crippen molar-refractivity contribution in [2.75, 3.05) is 6.54 Å². The first-order valence-electron chi connectivity index (χ1n) is 16.1. The van der Waals surface area contributed by atoms with Crippen molar-refractivity contribution in [1.82, 2.24) is 4.90 Å². The van der Waals surface area contributed by atoms with E-state index in [9.17, 15) is 4.79 Å². The Bertz CT molecular complexity index is 561. The summed E-state index contributed by atoms with van der Waals surface area (Å²) in [5.74, 6) is 3.26. The number of carbonyl (C=O) groups excluding carboxylic acids is 1. The molecule has 0 aromatic heterocycles. The lowest BCUT2D eigenvalue weighted by molar-refractivity contribution is -0.151. The number of unbranched alkanes of at least 4 members (excludes halogenated alkanes) is 15. The number of hydrogen-bond acceptors (Lipinski definition) is 1. The summed E-state index contributed by atoms with van der Waals surface area (Å²) in [5, 5.41) is 0. The number of allylic oxidation sites excluding steroid dienone is 1. The SMILES string of the molecule is C=CCCCCCCCCC(=O)N(CCCCCCCCCCCC)C12CC3CC(CC(C3)C1)C2. The monoisotopic (exact) mass is 485 g/mol. The second-order valence-electron chi connectivity index (χ2n) is 12.8. The van der Waals surface area contributed by atoms with Gasteiger partial charge in [0, 0.05) is 18.5 Å². The third-order valence-electron chi connectivity index (χ3n) is 9.66. The summed E-state index contributed by atoms with van der Waals surface area (Å²) in [6.07, 6.45) is 33.6. The minimum absolute atomic E-state index is 0.246. The highest BCUT2D eigenvalue weighted by atomic mass is 16.2. The van der Waals surface area contributed by atoms with Gasteiger partial charge in [-0.15, -0.1) is 6.58 Å². The van der Waals surface area contributed by atoms with Crippen molar-refractivity contribution < 1.29 is 4.79 Å². The smallest absolute Gasteiger partial charge is 0.223 e. The van der Waals surface area contributed by atoms with E-state index in [4.69, 9.17) is 0 Å². The lowest BCUT2D eigenvalue weighted by Crippen LogP contribution is -2.61. The first-order chi connectivity index (χ1) is 17.2. The molecule has 4 bridgehead atoms. The van der Waals surface area contributed by atoms with Gasteiger partial charge in [0.1, 0.15) is 0 Å². The summed E-state index contributed by atoms with van der Waals surface area (Å²) in [6.45, 7) is 7.16. The maximum absolute atomic E-state index is 13.6. The van der Waals surface area contributed by atoms with Crippen molar-refractivity contribution >= 4 is 5.91 Å². The Morgan fingerprint density at radius 2 is 1.17 bits per heavy atom. The molecule has 0 saturated heterocycles. The minimum Gasteiger partial charge on any atom is -0.337 e. The molecule has 1 amide bonds. The van der Waals surface area contributed by atoms with Gasteiger partial charge in [-0.05, 0) is 82.0 Å². The van der Waals surface area contributed by atoms with Gasteiger partial charge >= 0.3 is 0 Å². The quantitative estimate of drug-likeness (QED) is 0.117. The number of nitrogens with zero attached hydrogens (tertiary/aromatic N) is 1. The Balaban J connectivity index is 1.40. The lowest BCUT2D eigenvalue weighted by Gasteiger charge is -2.60. The van der Waals surface area contributed by atoms with Crippen LogP contribution in [-0.4, -0.2) is 22.9 Å². The second kappa shape index (κ2) is 16.1. The first-order valence-corrected chi connectivity index (χ1v) is 16.1. The summed E-state index contributed by atoms with van der Waals surface area (Å²) in [4.78, 5) is 16.1. The van der Waals surface area contributed by atoms with E-state index in [1.807, 2.05) is 6.08 Å². The molecule has 2 heteroatoms. The normalized spacial score (nSPS) is 26.8. The molecule has 0 aromatic carbocycles. The summed E-state index contributed by atoms with van der Waals surface area (Å²) < 4.78 is 0. The van der Waals surface area contributed by atoms with Crippen molar-refractivity contribution in [3.8, 4) is 0 Å². The van der Waals surface area contributed by atoms with Crippen LogP contribution in [0.2, 0.25) is 0 Å². The highest BCUT2D eigenvalue weighted by Gasteiger charge is 2.54. The predicted octanol–water partition coefficient (Wildman–Crippen LogP) is 10.0. The zero-order chi connectivity index (χ0) is 24.8. The van der Waals surface area contributed by atoms with Crippen molar-refractivity contribution in [3.63, 3.8) is 0 Å². The van der Waals surface area contributed by atoms with Gasteiger partial charge in [0.05, 0.1) is 0 Å². The second-order valence-corrected chi connectivity index (χ2v) is 12.8. The Hall–Kier alpha value is -0.790. The topological polar surface area (TPSA) is 20.3 Å². The molecule has 4 rings (SSSR count). The van der Waals surface area contributed by atoms with Crippen LogP contribution in [0.1, 0.15) is 161 Å². The van der Waals surface area contributed by atoms with E-state index in [2.05, 4.69) is 18.4 Å². The number of carbonyl (C=O) groups is 1. The Kier molecular flexibility index (Phi) is 13.3. The third kappa shape index (κ3) is 9.55. The molecule has 0 unspecified atom stereocenters. The fourth-order valence-corrected chi connectivity index (χ4v) is 8.19. The van der Waals surface area contributed by atoms with Crippen LogP contribution in [0.15, 0.2) is 12.7 Å². The molecule has 202 valence electrons. The van der Waals surface area contributed by atoms with Gasteiger partial charge < -0.3 is 4.90 Å². The number of amides is 1. The van der Waals surface area contributed by atoms with Gasteiger partial charge in [-0.3, -0.25) is 4.79 Å². The van der Waals surface area contributed by atoms with E-state index in [1.54, 1.807) is 0 Å². The molecule has 0 N–H and O–H groups in total. The Labute approximate surface area is 219 Å². The highest BCUT2D eigenvalue weighted by Crippen LogP contribution is 2.58. The molecule has 0 aromatic rings. The Morgan fingerprint density at radius 3 is 1.69 bits per heavy atom. The van der Waals surface area contributed by atoms with Crippen LogP contribution >= 0.6 is 0 Å². The third-order valence-corrected chi connectivity index (χ3v) is 9.66. The van der Waals surface area contributed by atoms with Crippen LogP contribution in [0.4, 0.5) is 0 Å². The summed E-state index contributed by atoms with van der Waals surface area (Å²) in [5.41, 5.74) is 0.246. The maximum Gasteiger partial charge on any atom is 0.223 e. The van der Waals surface area contributed by atoms with Crippen molar-refractivity contribution in [2.45, 2.75) is 167 Å². The molecule has 35 heavy (non-hydrogen) atoms. The summed E-state index contributed by atoms with van der Waals surface area (Å²) >= 11 is 0. The molecular weight excluding hydrogens is 426 g/mol. The molecule has 4 aliphatic carbocycles. The molecule has 0 radical (unpaired) electrons. The van der Waals surface area contributed by atoms with Crippen LogP contribution in [0, 0.1) is 17.8 Å². The standard InChI is InChI=1S/C33H59NO/c1-3-5-7-9-11-13-14-16-18-20-22-34(32(35)21-19-17-15-12-10-8-6-4-2)33-26-29-23-30(27-33)25-31(24-29)28-33/h4,29-31H,2-3,5-28H2,1H3. The van der Waals surface area contributed by atoms with E-state index in [0.29, 0.717) is 5.91 Å². The van der Waals surface area contributed by atoms with Crippen molar-refractivity contribution in [2.24, 2.45) is 17.8 Å². The molecule has 4 fully saturated rings. The predicted molar refractivity (Wildman–Crippen MR) is 152 cm³/mol. The van der Waals surface area contributed by atoms with Crippen LogP contribution in [0.25, 0.3) is 0 Å². The van der Waals surface area contributed by atoms with E-state index >= 15 is 0 Å². The van der Waals surface area contributed by atoms with E-state index < -0.39 is 0 Å². The van der Waals surface area contributed by atoms with Gasteiger partial charge in [0.2, 0.25) is 5.91 Å². The average molecular weight is 486 g/mol. The van der Waals surface area contributed by atoms with Gasteiger partial charge in [0.25, 0.3) is 0 Å². The fourth-order valence-electron chi connectivity index (χ4n) is 8.19. The maximum atomic E-state index is 13.6. The van der Waals surface area contributed by atoms with Gasteiger partial charge in [-0.1, -0.05) is 96.5 Å². The average Bonchev–Trinajstić information content (AvgIpc) is 2.83. The van der Waals surface area contributed by atoms with E-state index in [-0.39, 0.29) is 5.54 Å². The molecule has 2 nitrogen and oxygen atoms in total. The minimum atomic E-state index is 0.246. The molecule has 4 saturated carbocycles. The molecule has 0 atom stereocenters. The van der Waals surface area contributed by atoms with Crippen LogP contribution in [-0.2, 0) is 4.79 Å². The largest absolute Gasteiger partial charge is 0.337 e. The van der Waals surface area contributed by atoms with Crippen molar-refractivity contribution in [3.05, 3.63) is 12.7 Å². The molecule has 0 spiro atoms. The van der Waals surface area contributed by atoms with Gasteiger partial charge in [0.15, 0.2) is 0 Å². The number of hydrogen-bond donors (Lipinski definition) is 0. The summed E-state index contributed by atoms with van der Waals surface area (Å²) in [7, 11) is 0. The van der Waals surface area contributed by atoms with E-state index in [0.717, 1.165) is 43.6 Å². The van der Waals surface area contributed by atoms with Gasteiger partial charge in [-0.25, -0.2) is 0 Å². The van der Waals surface area contributed by atoms with Crippen LogP contribution < -0.4 is 0 Å². The zero-order valence-electron chi connectivity index (χ0n) is 23.5. The molecule has 0 heterocycles. The molecule has 4 aliphatic rings. The Morgan fingerprint density at radius 1 is 0.714 bits per heavy atom. The van der Waals surface area contributed by atoms with Crippen LogP contribution in [0.3, 0.4) is 0 Å². The molecular formula is C33H59NO. The van der Waals surface area contributed by atoms with E-state index in [1.165, 1.54) is 135 Å². The highest BCUT2D eigenvalue weighted by molar-refractivity contribution is 5.77. The molecule has 0 aliphatic heterocycles.